The van der Waals surface area contributed by atoms with Crippen molar-refractivity contribution < 1.29 is 14.3 Å². The van der Waals surface area contributed by atoms with Gasteiger partial charge in [0.1, 0.15) is 11.6 Å². The molecule has 1 aromatic rings. The number of hydrogen-bond donors (Lipinski definition) is 1. The predicted molar refractivity (Wildman–Crippen MR) is 92.2 cm³/mol. The molecule has 1 fully saturated rings. The monoisotopic (exact) mass is 347 g/mol. The third-order valence-electron chi connectivity index (χ3n) is 3.36. The average Bonchev–Trinajstić information content (AvgIpc) is 3.01. The number of carbonyl (C=O) groups is 2. The van der Waals surface area contributed by atoms with E-state index in [1.54, 1.807) is 45.0 Å². The molecule has 0 radical (unpaired) electrons. The zero-order valence-corrected chi connectivity index (χ0v) is 14.9. The van der Waals surface area contributed by atoms with Crippen LogP contribution in [0.1, 0.15) is 31.9 Å². The van der Waals surface area contributed by atoms with Crippen LogP contribution >= 0.6 is 11.8 Å². The molecule has 1 atom stereocenters. The van der Waals surface area contributed by atoms with Gasteiger partial charge in [0.25, 0.3) is 0 Å². The van der Waals surface area contributed by atoms with E-state index in [4.69, 9.17) is 10.00 Å². The van der Waals surface area contributed by atoms with Crippen LogP contribution in [0.5, 0.6) is 0 Å². The quantitative estimate of drug-likeness (QED) is 0.908. The van der Waals surface area contributed by atoms with Crippen molar-refractivity contribution >= 4 is 23.8 Å². The lowest BCUT2D eigenvalue weighted by Gasteiger charge is -2.27. The number of nitriles is 1. The van der Waals surface area contributed by atoms with Gasteiger partial charge >= 0.3 is 6.09 Å². The maximum absolute atomic E-state index is 12.4. The Hall–Kier alpha value is -2.20. The SMILES string of the molecule is CC(C)(C)OC(=O)N1CSC[C@@H]1C(=O)NCc1ccc(C#N)cc1. The predicted octanol–water partition coefficient (Wildman–Crippen LogP) is 2.48. The first-order valence-electron chi connectivity index (χ1n) is 7.64. The minimum Gasteiger partial charge on any atom is -0.444 e. The van der Waals surface area contributed by atoms with Crippen LogP contribution in [0, 0.1) is 11.3 Å². The summed E-state index contributed by atoms with van der Waals surface area (Å²) in [6.07, 6.45) is -0.467. The van der Waals surface area contributed by atoms with Gasteiger partial charge in [-0.2, -0.15) is 5.26 Å². The van der Waals surface area contributed by atoms with Crippen LogP contribution in [-0.2, 0) is 16.1 Å². The number of rotatable bonds is 3. The smallest absolute Gasteiger partial charge is 0.411 e. The molecule has 0 saturated carbocycles. The normalized spacial score (nSPS) is 17.2. The van der Waals surface area contributed by atoms with Crippen molar-refractivity contribution in [1.29, 1.82) is 5.26 Å². The first kappa shape index (κ1) is 18.1. The van der Waals surface area contributed by atoms with Crippen molar-refractivity contribution in [3.63, 3.8) is 0 Å². The fourth-order valence-electron chi connectivity index (χ4n) is 2.16. The lowest BCUT2D eigenvalue weighted by atomic mass is 10.1. The molecule has 0 unspecified atom stereocenters. The first-order chi connectivity index (χ1) is 11.3. The van der Waals surface area contributed by atoms with Crippen molar-refractivity contribution in [2.45, 2.75) is 39.0 Å². The topological polar surface area (TPSA) is 82.4 Å². The zero-order valence-electron chi connectivity index (χ0n) is 14.0. The van der Waals surface area contributed by atoms with Gasteiger partial charge in [0, 0.05) is 12.3 Å². The van der Waals surface area contributed by atoms with E-state index in [0.29, 0.717) is 23.7 Å². The zero-order chi connectivity index (χ0) is 17.7. The van der Waals surface area contributed by atoms with E-state index in [-0.39, 0.29) is 5.91 Å². The van der Waals surface area contributed by atoms with E-state index in [1.165, 1.54) is 16.7 Å². The molecule has 1 saturated heterocycles. The van der Waals surface area contributed by atoms with Crippen molar-refractivity contribution in [2.75, 3.05) is 11.6 Å². The number of nitrogens with one attached hydrogen (secondary N) is 1. The Morgan fingerprint density at radius 2 is 2.04 bits per heavy atom. The molecule has 7 heteroatoms. The molecule has 0 bridgehead atoms. The van der Waals surface area contributed by atoms with Gasteiger partial charge in [-0.25, -0.2) is 4.79 Å². The maximum atomic E-state index is 12.4. The Morgan fingerprint density at radius 3 is 2.62 bits per heavy atom. The van der Waals surface area contributed by atoms with Gasteiger partial charge in [-0.15, -0.1) is 11.8 Å². The number of thioether (sulfide) groups is 1. The van der Waals surface area contributed by atoms with E-state index in [9.17, 15) is 9.59 Å². The maximum Gasteiger partial charge on any atom is 0.411 e. The first-order valence-corrected chi connectivity index (χ1v) is 8.80. The summed E-state index contributed by atoms with van der Waals surface area (Å²) in [5.74, 6) is 0.803. The summed E-state index contributed by atoms with van der Waals surface area (Å²) < 4.78 is 5.35. The molecule has 2 amide bonds. The van der Waals surface area contributed by atoms with E-state index < -0.39 is 17.7 Å². The van der Waals surface area contributed by atoms with Gasteiger partial charge < -0.3 is 10.1 Å². The molecule has 0 aromatic heterocycles. The second-order valence-corrected chi connectivity index (χ2v) is 7.49. The van der Waals surface area contributed by atoms with E-state index in [2.05, 4.69) is 11.4 Å². The average molecular weight is 347 g/mol. The lowest BCUT2D eigenvalue weighted by Crippen LogP contribution is -2.48. The summed E-state index contributed by atoms with van der Waals surface area (Å²) in [4.78, 5) is 26.1. The van der Waals surface area contributed by atoms with Crippen molar-refractivity contribution in [1.82, 2.24) is 10.2 Å². The Kier molecular flexibility index (Phi) is 5.73. The van der Waals surface area contributed by atoms with E-state index in [0.717, 1.165) is 5.56 Å². The van der Waals surface area contributed by atoms with Crippen LogP contribution in [0.25, 0.3) is 0 Å². The molecule has 2 rings (SSSR count). The number of amides is 2. The molecular weight excluding hydrogens is 326 g/mol. The summed E-state index contributed by atoms with van der Waals surface area (Å²) in [7, 11) is 0. The van der Waals surface area contributed by atoms with Gasteiger partial charge in [0.05, 0.1) is 17.5 Å². The lowest BCUT2D eigenvalue weighted by molar-refractivity contribution is -0.125. The number of ether oxygens (including phenoxy) is 1. The van der Waals surface area contributed by atoms with Crippen LogP contribution in [0.3, 0.4) is 0 Å². The largest absolute Gasteiger partial charge is 0.444 e. The minimum atomic E-state index is -0.589. The number of hydrogen-bond acceptors (Lipinski definition) is 5. The van der Waals surface area contributed by atoms with Gasteiger partial charge in [0.2, 0.25) is 5.91 Å². The van der Waals surface area contributed by atoms with Crippen molar-refractivity contribution in [3.8, 4) is 6.07 Å². The van der Waals surface area contributed by atoms with E-state index in [1.807, 2.05) is 0 Å². The van der Waals surface area contributed by atoms with Crippen molar-refractivity contribution in [3.05, 3.63) is 35.4 Å². The van der Waals surface area contributed by atoms with Crippen LogP contribution < -0.4 is 5.32 Å². The molecule has 0 aliphatic carbocycles. The Morgan fingerprint density at radius 1 is 1.38 bits per heavy atom. The molecule has 1 aromatic carbocycles. The van der Waals surface area contributed by atoms with Gasteiger partial charge in [0.15, 0.2) is 0 Å². The number of benzene rings is 1. The molecule has 0 spiro atoms. The van der Waals surface area contributed by atoms with Crippen LogP contribution in [0.2, 0.25) is 0 Å². The van der Waals surface area contributed by atoms with Crippen LogP contribution in [0.4, 0.5) is 4.79 Å². The summed E-state index contributed by atoms with van der Waals surface area (Å²) in [6.45, 7) is 5.75. The van der Waals surface area contributed by atoms with Gasteiger partial charge in [-0.1, -0.05) is 12.1 Å². The molecule has 128 valence electrons. The fraction of sp³-hybridized carbons (Fsp3) is 0.471. The molecular formula is C17H21N3O3S. The highest BCUT2D eigenvalue weighted by Crippen LogP contribution is 2.23. The molecule has 24 heavy (non-hydrogen) atoms. The fourth-order valence-corrected chi connectivity index (χ4v) is 3.31. The van der Waals surface area contributed by atoms with Gasteiger partial charge in [-0.05, 0) is 38.5 Å². The molecule has 6 nitrogen and oxygen atoms in total. The summed E-state index contributed by atoms with van der Waals surface area (Å²) in [5, 5.41) is 11.6. The standard InChI is InChI=1S/C17H21N3O3S/c1-17(2,3)23-16(22)20-11-24-10-14(20)15(21)19-9-13-6-4-12(8-18)5-7-13/h4-7,14H,9-11H2,1-3H3,(H,19,21)/t14-/m1/s1. The number of carbonyl (C=O) groups excluding carboxylic acids is 2. The Bertz CT molecular complexity index is 647. The molecule has 1 heterocycles. The Labute approximate surface area is 146 Å². The van der Waals surface area contributed by atoms with Crippen molar-refractivity contribution in [2.24, 2.45) is 0 Å². The summed E-state index contributed by atoms with van der Waals surface area (Å²) in [5.41, 5.74) is 0.888. The van der Waals surface area contributed by atoms with Gasteiger partial charge in [-0.3, -0.25) is 9.69 Å². The highest BCUT2D eigenvalue weighted by atomic mass is 32.2. The highest BCUT2D eigenvalue weighted by Gasteiger charge is 2.36. The third kappa shape index (κ3) is 4.90. The van der Waals surface area contributed by atoms with Crippen LogP contribution in [0.15, 0.2) is 24.3 Å². The molecule has 1 N–H and O–H groups in total. The number of nitrogens with zero attached hydrogens (tertiary/aromatic N) is 2. The highest BCUT2D eigenvalue weighted by molar-refractivity contribution is 7.99. The molecule has 1 aliphatic heterocycles. The Balaban J connectivity index is 1.93. The third-order valence-corrected chi connectivity index (χ3v) is 4.37. The van der Waals surface area contributed by atoms with E-state index >= 15 is 0 Å². The summed E-state index contributed by atoms with van der Waals surface area (Å²) >= 11 is 1.53. The van der Waals surface area contributed by atoms with Crippen LogP contribution in [-0.4, -0.2) is 40.2 Å². The second-order valence-electron chi connectivity index (χ2n) is 6.49. The second kappa shape index (κ2) is 7.58. The minimum absolute atomic E-state index is 0.199. The molecule has 1 aliphatic rings. The summed E-state index contributed by atoms with van der Waals surface area (Å²) in [6, 6.07) is 8.54.